The molecule has 6 amide bonds. The normalized spacial score (nSPS) is 13.1. The van der Waals surface area contributed by atoms with Crippen molar-refractivity contribution in [3.05, 3.63) is 102 Å². The SMILES string of the molecule is CSCC[C@H](NC(=O)[C@H](CC(C)C)NC(=O)CNC(=O)[C@H](Cc1ccccc1)NC(=O)[C@H](Cc1ccccc1)NC(=O)Cc1ccc(O)cc1)C(N)=O. The highest BCUT2D eigenvalue weighted by Crippen LogP contribution is 2.12. The molecule has 0 radical (unpaired) electrons. The Kier molecular flexibility index (Phi) is 17.3. The van der Waals surface area contributed by atoms with Crippen LogP contribution >= 0.6 is 11.8 Å². The Bertz CT molecular complexity index is 1660. The molecule has 0 bridgehead atoms. The number of hydrogen-bond donors (Lipinski definition) is 7. The van der Waals surface area contributed by atoms with Crippen LogP contribution in [-0.2, 0) is 48.0 Å². The van der Waals surface area contributed by atoms with Crippen molar-refractivity contribution in [1.82, 2.24) is 26.6 Å². The first-order valence-corrected chi connectivity index (χ1v) is 18.8. The van der Waals surface area contributed by atoms with Crippen LogP contribution in [0.1, 0.15) is 43.4 Å². The van der Waals surface area contributed by atoms with Gasteiger partial charge in [-0.2, -0.15) is 11.8 Å². The van der Waals surface area contributed by atoms with Gasteiger partial charge in [0, 0.05) is 12.8 Å². The molecule has 0 unspecified atom stereocenters. The van der Waals surface area contributed by atoms with Gasteiger partial charge in [-0.3, -0.25) is 28.8 Å². The Balaban J connectivity index is 1.74. The highest BCUT2D eigenvalue weighted by Gasteiger charge is 2.29. The average Bonchev–Trinajstić information content (AvgIpc) is 3.12. The predicted molar refractivity (Wildman–Crippen MR) is 204 cm³/mol. The molecule has 8 N–H and O–H groups in total. The van der Waals surface area contributed by atoms with Crippen LogP contribution in [-0.4, -0.2) is 83.3 Å². The van der Waals surface area contributed by atoms with Crippen molar-refractivity contribution in [2.24, 2.45) is 11.7 Å². The summed E-state index contributed by atoms with van der Waals surface area (Å²) in [6, 6.07) is 20.2. The van der Waals surface area contributed by atoms with Crippen LogP contribution in [0.4, 0.5) is 0 Å². The number of hydrogen-bond acceptors (Lipinski definition) is 8. The number of carbonyl (C=O) groups excluding carboxylic acids is 6. The number of primary amides is 1. The zero-order valence-electron chi connectivity index (χ0n) is 30.3. The number of rotatable bonds is 21. The third-order valence-electron chi connectivity index (χ3n) is 8.20. The summed E-state index contributed by atoms with van der Waals surface area (Å²) < 4.78 is 0. The topological polar surface area (TPSA) is 209 Å². The first-order chi connectivity index (χ1) is 25.3. The third kappa shape index (κ3) is 15.4. The van der Waals surface area contributed by atoms with Crippen molar-refractivity contribution in [2.75, 3.05) is 18.6 Å². The number of thioether (sulfide) groups is 1. The van der Waals surface area contributed by atoms with Gasteiger partial charge in [0.25, 0.3) is 0 Å². The van der Waals surface area contributed by atoms with Crippen LogP contribution < -0.4 is 32.3 Å². The largest absolute Gasteiger partial charge is 0.508 e. The lowest BCUT2D eigenvalue weighted by Crippen LogP contribution is -2.57. The maximum absolute atomic E-state index is 13.9. The van der Waals surface area contributed by atoms with Gasteiger partial charge >= 0.3 is 0 Å². The summed E-state index contributed by atoms with van der Waals surface area (Å²) in [6.45, 7) is 3.26. The van der Waals surface area contributed by atoms with E-state index in [1.54, 1.807) is 36.4 Å². The van der Waals surface area contributed by atoms with Crippen LogP contribution in [0.25, 0.3) is 0 Å². The van der Waals surface area contributed by atoms with Gasteiger partial charge < -0.3 is 37.4 Å². The Labute approximate surface area is 314 Å². The van der Waals surface area contributed by atoms with Gasteiger partial charge in [-0.05, 0) is 59.6 Å². The molecule has 0 saturated carbocycles. The molecule has 14 heteroatoms. The third-order valence-corrected chi connectivity index (χ3v) is 8.85. The average molecular weight is 747 g/mol. The molecule has 0 aliphatic heterocycles. The van der Waals surface area contributed by atoms with Crippen LogP contribution in [0.3, 0.4) is 0 Å². The van der Waals surface area contributed by atoms with E-state index in [1.807, 2.05) is 56.5 Å². The minimum Gasteiger partial charge on any atom is -0.508 e. The summed E-state index contributed by atoms with van der Waals surface area (Å²) in [7, 11) is 0. The summed E-state index contributed by atoms with van der Waals surface area (Å²) in [5.74, 6) is -2.90. The lowest BCUT2D eigenvalue weighted by atomic mass is 10.0. The van der Waals surface area contributed by atoms with E-state index >= 15 is 0 Å². The Morgan fingerprint density at radius 3 is 1.68 bits per heavy atom. The van der Waals surface area contributed by atoms with Gasteiger partial charge in [0.05, 0.1) is 13.0 Å². The van der Waals surface area contributed by atoms with Gasteiger partial charge in [-0.25, -0.2) is 0 Å². The molecular formula is C39H50N6O7S. The summed E-state index contributed by atoms with van der Waals surface area (Å²) in [6.07, 6.45) is 2.66. The number of phenolic OH excluding ortho intramolecular Hbond substituents is 1. The van der Waals surface area contributed by atoms with Crippen LogP contribution in [0, 0.1) is 5.92 Å². The number of phenols is 1. The fourth-order valence-electron chi connectivity index (χ4n) is 5.47. The molecule has 4 atom stereocenters. The molecular weight excluding hydrogens is 697 g/mol. The number of nitrogens with one attached hydrogen (secondary N) is 5. The number of amides is 6. The van der Waals surface area contributed by atoms with Crippen molar-refractivity contribution in [2.45, 2.75) is 70.1 Å². The molecule has 3 aromatic rings. The fraction of sp³-hybridized carbons (Fsp3) is 0.385. The highest BCUT2D eigenvalue weighted by molar-refractivity contribution is 7.98. The maximum atomic E-state index is 13.9. The van der Waals surface area contributed by atoms with Crippen LogP contribution in [0.5, 0.6) is 5.75 Å². The molecule has 0 aromatic heterocycles. The van der Waals surface area contributed by atoms with Crippen LogP contribution in [0.15, 0.2) is 84.9 Å². The smallest absolute Gasteiger partial charge is 0.243 e. The molecule has 53 heavy (non-hydrogen) atoms. The van der Waals surface area contributed by atoms with Crippen molar-refractivity contribution < 1.29 is 33.9 Å². The van der Waals surface area contributed by atoms with Gasteiger partial charge in [0.1, 0.15) is 29.9 Å². The van der Waals surface area contributed by atoms with Gasteiger partial charge in [-0.15, -0.1) is 0 Å². The van der Waals surface area contributed by atoms with Crippen molar-refractivity contribution in [3.63, 3.8) is 0 Å². The Morgan fingerprint density at radius 2 is 1.15 bits per heavy atom. The van der Waals surface area contributed by atoms with Crippen LogP contribution in [0.2, 0.25) is 0 Å². The first-order valence-electron chi connectivity index (χ1n) is 17.5. The summed E-state index contributed by atoms with van der Waals surface area (Å²) in [4.78, 5) is 78.7. The standard InChI is InChI=1S/C39H50N6O7S/c1-25(2)20-31(38(51)44-30(36(40)49)18-19-53-3)43-35(48)24-41-37(50)32(21-26-10-6-4-7-11-26)45-39(52)33(22-27-12-8-5-9-13-27)42-34(47)23-28-14-16-29(46)17-15-28/h4-17,25,30-33,46H,18-24H2,1-3H3,(H2,40,49)(H,41,50)(H,42,47)(H,43,48)(H,44,51)(H,45,52)/t30-,31-,32-,33-/m0/s1. The number of nitrogens with two attached hydrogens (primary N) is 1. The second-order valence-corrected chi connectivity index (χ2v) is 14.1. The second-order valence-electron chi connectivity index (χ2n) is 13.1. The Hall–Kier alpha value is -5.37. The molecule has 13 nitrogen and oxygen atoms in total. The maximum Gasteiger partial charge on any atom is 0.243 e. The fourth-order valence-corrected chi connectivity index (χ4v) is 5.94. The molecule has 0 fully saturated rings. The summed E-state index contributed by atoms with van der Waals surface area (Å²) in [5.41, 5.74) is 7.65. The molecule has 284 valence electrons. The number of carbonyl (C=O) groups is 6. The molecule has 0 spiro atoms. The highest BCUT2D eigenvalue weighted by atomic mass is 32.2. The molecule has 0 saturated heterocycles. The van der Waals surface area contributed by atoms with E-state index in [9.17, 15) is 33.9 Å². The van der Waals surface area contributed by atoms with E-state index in [2.05, 4.69) is 26.6 Å². The van der Waals surface area contributed by atoms with Crippen molar-refractivity contribution >= 4 is 47.2 Å². The molecule has 3 rings (SSSR count). The minimum atomic E-state index is -1.13. The van der Waals surface area contributed by atoms with E-state index in [4.69, 9.17) is 5.73 Å². The molecule has 0 aliphatic rings. The van der Waals surface area contributed by atoms with Gasteiger partial charge in [0.2, 0.25) is 35.4 Å². The zero-order valence-corrected chi connectivity index (χ0v) is 31.1. The second kappa shape index (κ2) is 21.9. The zero-order chi connectivity index (χ0) is 38.8. The van der Waals surface area contributed by atoms with E-state index in [0.29, 0.717) is 17.7 Å². The lowest BCUT2D eigenvalue weighted by molar-refractivity contribution is -0.133. The number of aromatic hydroxyl groups is 1. The van der Waals surface area contributed by atoms with E-state index in [-0.39, 0.29) is 37.4 Å². The molecule has 3 aromatic carbocycles. The van der Waals surface area contributed by atoms with Gasteiger partial charge in [0.15, 0.2) is 0 Å². The predicted octanol–water partition coefficient (Wildman–Crippen LogP) is 1.76. The first kappa shape index (κ1) is 42.0. The van der Waals surface area contributed by atoms with Gasteiger partial charge in [-0.1, -0.05) is 86.6 Å². The minimum absolute atomic E-state index is 0.00902. The lowest BCUT2D eigenvalue weighted by Gasteiger charge is -2.24. The summed E-state index contributed by atoms with van der Waals surface area (Å²) in [5, 5.41) is 23.0. The monoisotopic (exact) mass is 746 g/mol. The Morgan fingerprint density at radius 1 is 0.642 bits per heavy atom. The van der Waals surface area contributed by atoms with E-state index in [0.717, 1.165) is 11.1 Å². The molecule has 0 aliphatic carbocycles. The summed E-state index contributed by atoms with van der Waals surface area (Å²) >= 11 is 1.50. The van der Waals surface area contributed by atoms with Crippen molar-refractivity contribution in [1.29, 1.82) is 0 Å². The number of benzene rings is 3. The van der Waals surface area contributed by atoms with E-state index in [1.165, 1.54) is 23.9 Å². The van der Waals surface area contributed by atoms with Crippen molar-refractivity contribution in [3.8, 4) is 5.75 Å². The molecule has 0 heterocycles. The quantitative estimate of drug-likeness (QED) is 0.0853. The van der Waals surface area contributed by atoms with E-state index < -0.39 is 66.2 Å².